The van der Waals surface area contributed by atoms with Gasteiger partial charge in [0.2, 0.25) is 0 Å². The molecule has 0 atom stereocenters. The van der Waals surface area contributed by atoms with E-state index in [4.69, 9.17) is 0 Å². The summed E-state index contributed by atoms with van der Waals surface area (Å²) >= 11 is 0. The molecule has 2 aliphatic rings. The molecule has 0 saturated heterocycles. The lowest BCUT2D eigenvalue weighted by atomic mass is 9.33. The molecule has 0 saturated carbocycles. The largest absolute Gasteiger partial charge is 0.310 e. The van der Waals surface area contributed by atoms with Crippen molar-refractivity contribution in [3.05, 3.63) is 309 Å². The van der Waals surface area contributed by atoms with Crippen LogP contribution in [0.2, 0.25) is 0 Å². The fraction of sp³-hybridized carbons (Fsp3) is 0.381. The third-order valence-electron chi connectivity index (χ3n) is 25.9. The highest BCUT2D eigenvalue weighted by Crippen LogP contribution is 2.59. The molecule has 0 radical (unpaired) electrons. The zero-order chi connectivity index (χ0) is 115. The van der Waals surface area contributed by atoms with E-state index < -0.39 is 169 Å². The van der Waals surface area contributed by atoms with Gasteiger partial charge < -0.3 is 14.4 Å². The Morgan fingerprint density at radius 1 is 0.231 bits per heavy atom. The summed E-state index contributed by atoms with van der Waals surface area (Å²) in [5, 5.41) is 1.85. The molecule has 1 aromatic heterocycles. The Balaban J connectivity index is 1.33. The van der Waals surface area contributed by atoms with Crippen molar-refractivity contribution in [2.24, 2.45) is 0 Å². The second kappa shape index (κ2) is 31.5. The Morgan fingerprint density at radius 2 is 0.608 bits per heavy atom. The first kappa shape index (κ1) is 67.5. The van der Waals surface area contributed by atoms with Crippen LogP contribution in [0.1, 0.15) is 348 Å². The summed E-state index contributed by atoms with van der Waals surface area (Å²) in [6.07, 6.45) is 0. The van der Waals surface area contributed by atoms with Crippen LogP contribution in [-0.4, -0.2) is 11.3 Å². The number of anilines is 6. The second-order valence-electron chi connectivity index (χ2n) is 49.1. The number of aromatic nitrogens is 1. The minimum atomic E-state index is -1.29. The van der Waals surface area contributed by atoms with Crippen LogP contribution in [0.5, 0.6) is 0 Å². The van der Waals surface area contributed by atoms with E-state index in [-0.39, 0.29) is 170 Å². The summed E-state index contributed by atoms with van der Waals surface area (Å²) in [7, 11) is 0. The van der Waals surface area contributed by atoms with Crippen molar-refractivity contribution in [1.29, 1.82) is 0 Å². The second-order valence-corrected chi connectivity index (χ2v) is 49.1. The lowest BCUT2D eigenvalue weighted by Crippen LogP contribution is -2.61. The maximum Gasteiger partial charge on any atom is 0.252 e. The number of nitrogens with zero attached hydrogens (tertiary/aromatic N) is 3. The Morgan fingerprint density at radius 3 is 1.03 bits per heavy atom. The van der Waals surface area contributed by atoms with Gasteiger partial charge in [0.15, 0.2) is 0 Å². The normalized spacial score (nSPS) is 16.4. The molecule has 0 spiro atoms. The van der Waals surface area contributed by atoms with Crippen LogP contribution in [-0.2, 0) is 65.0 Å². The van der Waals surface area contributed by atoms with Crippen LogP contribution in [0.15, 0.2) is 242 Å². The first-order valence-corrected chi connectivity index (χ1v) is 46.5. The van der Waals surface area contributed by atoms with Crippen molar-refractivity contribution in [2.45, 2.75) is 314 Å². The average Bonchev–Trinajstić information content (AvgIpc) is 0.968. The Bertz CT molecular complexity index is 8060. The number of rotatable bonds is 9. The van der Waals surface area contributed by atoms with E-state index in [1.54, 1.807) is 32.9 Å². The van der Waals surface area contributed by atoms with E-state index in [1.165, 1.54) is 0 Å². The highest BCUT2D eigenvalue weighted by molar-refractivity contribution is 7.00. The number of hydrogen-bond acceptors (Lipinski definition) is 2. The number of benzene rings is 13. The molecule has 2 aliphatic heterocycles. The highest BCUT2D eigenvalue weighted by Gasteiger charge is 2.48. The first-order valence-electron chi connectivity index (χ1n) is 58.0. The molecule has 3 heterocycles. The van der Waals surface area contributed by atoms with Crippen molar-refractivity contribution in [2.75, 3.05) is 9.80 Å². The summed E-state index contributed by atoms with van der Waals surface area (Å²) in [6, 6.07) is 24.0. The predicted octanol–water partition coefficient (Wildman–Crippen LogP) is 34.4. The average molecular weight is 1740 g/mol. The van der Waals surface area contributed by atoms with Crippen molar-refractivity contribution >= 4 is 79.0 Å². The molecule has 0 aliphatic carbocycles. The Kier molecular flexibility index (Phi) is 16.4. The number of fused-ring (bicyclic) bond motifs is 7. The third-order valence-corrected chi connectivity index (χ3v) is 25.9. The van der Waals surface area contributed by atoms with Crippen LogP contribution in [0.3, 0.4) is 0 Å². The zero-order valence-corrected chi connectivity index (χ0v) is 84.2. The molecule has 0 fully saturated rings. The van der Waals surface area contributed by atoms with E-state index in [9.17, 15) is 31.5 Å². The van der Waals surface area contributed by atoms with Gasteiger partial charge in [-0.15, -0.1) is 0 Å². The van der Waals surface area contributed by atoms with Crippen LogP contribution in [0.4, 0.5) is 34.1 Å². The summed E-state index contributed by atoms with van der Waals surface area (Å²) in [5.41, 5.74) is -3.46. The van der Waals surface area contributed by atoms with Crippen molar-refractivity contribution < 1.29 is 31.5 Å². The van der Waals surface area contributed by atoms with E-state index in [2.05, 4.69) is 142 Å². The molecule has 0 amide bonds. The molecule has 4 heteroatoms. The van der Waals surface area contributed by atoms with Crippen LogP contribution < -0.4 is 26.2 Å². The van der Waals surface area contributed by atoms with Gasteiger partial charge in [-0.25, -0.2) is 0 Å². The van der Waals surface area contributed by atoms with Crippen LogP contribution in [0, 0.1) is 0 Å². The molecule has 3 nitrogen and oxygen atoms in total. The van der Waals surface area contributed by atoms with E-state index in [0.717, 1.165) is 44.1 Å². The van der Waals surface area contributed by atoms with Gasteiger partial charge in [0.25, 0.3) is 6.71 Å². The predicted molar refractivity (Wildman–Crippen MR) is 572 cm³/mol. The smallest absolute Gasteiger partial charge is 0.252 e. The number of hydrogen-bond donors (Lipinski definition) is 0. The van der Waals surface area contributed by atoms with Crippen molar-refractivity contribution in [1.82, 2.24) is 4.57 Å². The minimum absolute atomic E-state index is 0.0307. The van der Waals surface area contributed by atoms with E-state index >= 15 is 0 Å². The first-order chi connectivity index (χ1) is 69.7. The molecular weight excluding hydrogens is 1570 g/mol. The third kappa shape index (κ3) is 17.1. The molecule has 0 bridgehead atoms. The maximum absolute atomic E-state index is 12.0. The summed E-state index contributed by atoms with van der Waals surface area (Å²) in [5.74, 6) is 0. The van der Waals surface area contributed by atoms with Gasteiger partial charge in [-0.1, -0.05) is 413 Å². The van der Waals surface area contributed by atoms with E-state index in [1.807, 2.05) is 192 Å². The lowest BCUT2D eigenvalue weighted by Gasteiger charge is -2.46. The summed E-state index contributed by atoms with van der Waals surface area (Å²) < 4.78 is 250. The van der Waals surface area contributed by atoms with E-state index in [0.29, 0.717) is 38.9 Å². The fourth-order valence-corrected chi connectivity index (χ4v) is 18.1. The molecule has 130 heavy (non-hydrogen) atoms. The summed E-state index contributed by atoms with van der Waals surface area (Å²) in [4.78, 5) is 3.76. The molecule has 0 unspecified atom stereocenters. The Labute approximate surface area is 816 Å². The quantitative estimate of drug-likeness (QED) is 0.133. The lowest BCUT2D eigenvalue weighted by molar-refractivity contribution is 0.568. The van der Waals surface area contributed by atoms with Crippen LogP contribution >= 0.6 is 0 Å². The Hall–Kier alpha value is -10.7. The standard InChI is InChI=1S/C126H148BN3/c1-115(2,3)83-50-45-78(46-51-83)94-71-90(122(22,23)24)73-98(93-58-54-87(119(13,14)15)75-102(93)126(34,35)36)113(94)130-108-76-92(128-105-61-55-85(117(7,8)9)69-96(105)97-70-86(118(10,11)12)56-62-106(97)128)57-60-104(108)127-103-59-49-80(77-41-38-37-39-42-77)65-107(103)129(109-66-82(67-110(130)112(109)127)81-63-88(120(16,17)18)68-89(64-81)121(19,20)21)114-95(79-47-52-84(53-48-79)116(4,5)6)72-91(123(25,26)27)74-99(114)111-100(124(28,29)30)43-40-44-101(111)125(31,32)33/h37-76H,1-36H3/i37D,38D,39D,40D,41D,42D,43D,44D,45D,46D,47D,48D,50D,51D,52D,53D,54D,58D,71D,72D,73D,74D,75D. The topological polar surface area (TPSA) is 11.4 Å². The fourth-order valence-electron chi connectivity index (χ4n) is 18.1. The minimum Gasteiger partial charge on any atom is -0.310 e. The van der Waals surface area contributed by atoms with Gasteiger partial charge in [-0.2, -0.15) is 0 Å². The molecule has 13 aromatic carbocycles. The molecule has 0 N–H and O–H groups in total. The SMILES string of the molecule is [2H]c1c([2H])c([2H])c(-c2ccc3c(c2)N(c2c(-c4c([2H])c([2H])c(C(C)(C)C)c([2H])c4[2H])c([2H])c(C(C)(C)C)c([2H])c2-c2c(C(C)(C)C)c([2H])c([2H])c([2H])c2C(C)(C)C)c2cc(-c4cc(C(C)(C)C)cc(C(C)(C)C)c4)cc4c2B3c2ccc(-n3c5ccc(C(C)(C)C)cc5c5cc(C(C)(C)C)ccc53)cc2N4c2c(-c3c([2H])c([2H])c(C(C)(C)C)c([2H])c3[2H])c([2H])c(C(C)(C)C)c([2H])c2-c2c([2H])c([2H])c(C(C)(C)C)c([2H])c2C(C)(C)C)c([2H])c1[2H]. The van der Waals surface area contributed by atoms with Gasteiger partial charge in [0, 0.05) is 61.5 Å². The van der Waals surface area contributed by atoms with Crippen molar-refractivity contribution in [3.63, 3.8) is 0 Å². The van der Waals surface area contributed by atoms with Crippen LogP contribution in [0.25, 0.3) is 94.3 Å². The van der Waals surface area contributed by atoms with Crippen molar-refractivity contribution in [3.8, 4) is 72.4 Å². The highest BCUT2D eigenvalue weighted by atomic mass is 15.2. The van der Waals surface area contributed by atoms with Gasteiger partial charge >= 0.3 is 0 Å². The van der Waals surface area contributed by atoms with Gasteiger partial charge in [0.05, 0.1) is 53.9 Å². The molecule has 670 valence electrons. The molecule has 14 aromatic rings. The molecule has 16 rings (SSSR count). The summed E-state index contributed by atoms with van der Waals surface area (Å²) in [6.45, 7) is 69.0. The monoisotopic (exact) mass is 1740 g/mol. The van der Waals surface area contributed by atoms with Gasteiger partial charge in [0.1, 0.15) is 0 Å². The molecular formula is C126H148BN3. The maximum atomic E-state index is 12.0. The zero-order valence-electron chi connectivity index (χ0n) is 107. The van der Waals surface area contributed by atoms with Gasteiger partial charge in [-0.05, 0) is 271 Å². The van der Waals surface area contributed by atoms with Gasteiger partial charge in [-0.3, -0.25) is 0 Å².